The summed E-state index contributed by atoms with van der Waals surface area (Å²) in [6, 6.07) is 6.11. The second kappa shape index (κ2) is 8.11. The van der Waals surface area contributed by atoms with E-state index in [9.17, 15) is 13.2 Å². The fraction of sp³-hybridized carbons (Fsp3) is 0.571. The number of nitrogens with one attached hydrogen (secondary N) is 1. The first-order valence-electron chi connectivity index (χ1n) is 10.6. The second-order valence-electron chi connectivity index (χ2n) is 8.56. The Balaban J connectivity index is 1.38. The van der Waals surface area contributed by atoms with Crippen LogP contribution in [0, 0.1) is 0 Å². The van der Waals surface area contributed by atoms with Gasteiger partial charge >= 0.3 is 0 Å². The summed E-state index contributed by atoms with van der Waals surface area (Å²) in [5, 5.41) is 7.42. The van der Waals surface area contributed by atoms with Crippen molar-refractivity contribution in [3.63, 3.8) is 0 Å². The standard InChI is InChI=1S/C21H29N5O3S/c1-14(2)25(3)30(28,29)18-8-6-17(7-9-18)21(27)26-12-10-16(11-13-26)20-22-19(23-24-20)15-4-5-15/h6-9,14-16H,4-5,10-13H2,1-3H3,(H,22,23,24). The Bertz CT molecular complexity index is 1000. The van der Waals surface area contributed by atoms with Crippen molar-refractivity contribution in [2.24, 2.45) is 0 Å². The lowest BCUT2D eigenvalue weighted by Gasteiger charge is -2.31. The van der Waals surface area contributed by atoms with E-state index in [0.717, 1.165) is 24.5 Å². The third-order valence-electron chi connectivity index (χ3n) is 6.14. The number of benzene rings is 1. The van der Waals surface area contributed by atoms with Gasteiger partial charge in [0.1, 0.15) is 5.82 Å². The normalized spacial score (nSPS) is 18.4. The molecule has 1 aromatic carbocycles. The van der Waals surface area contributed by atoms with Gasteiger partial charge in [0, 0.05) is 43.6 Å². The Morgan fingerprint density at radius 3 is 2.30 bits per heavy atom. The summed E-state index contributed by atoms with van der Waals surface area (Å²) in [4.78, 5) is 19.6. The average molecular weight is 432 g/mol. The molecule has 1 aliphatic carbocycles. The topological polar surface area (TPSA) is 99.3 Å². The van der Waals surface area contributed by atoms with E-state index < -0.39 is 10.0 Å². The largest absolute Gasteiger partial charge is 0.339 e. The molecular weight excluding hydrogens is 402 g/mol. The molecule has 2 fully saturated rings. The molecule has 0 unspecified atom stereocenters. The van der Waals surface area contributed by atoms with Crippen LogP contribution in [0.1, 0.15) is 73.4 Å². The Morgan fingerprint density at radius 2 is 1.73 bits per heavy atom. The van der Waals surface area contributed by atoms with Gasteiger partial charge < -0.3 is 4.90 Å². The summed E-state index contributed by atoms with van der Waals surface area (Å²) < 4.78 is 26.5. The molecule has 9 heteroatoms. The third kappa shape index (κ3) is 4.13. The highest BCUT2D eigenvalue weighted by atomic mass is 32.2. The van der Waals surface area contributed by atoms with Crippen LogP contribution in [0.15, 0.2) is 29.2 Å². The Labute approximate surface area is 177 Å². The van der Waals surface area contributed by atoms with Gasteiger partial charge in [0.15, 0.2) is 5.82 Å². The predicted molar refractivity (Wildman–Crippen MR) is 113 cm³/mol. The molecule has 2 heterocycles. The lowest BCUT2D eigenvalue weighted by molar-refractivity contribution is 0.0711. The van der Waals surface area contributed by atoms with Crippen LogP contribution in [0.2, 0.25) is 0 Å². The van der Waals surface area contributed by atoms with Gasteiger partial charge in [0.25, 0.3) is 5.91 Å². The molecule has 0 radical (unpaired) electrons. The molecular formula is C21H29N5O3S. The number of carbonyl (C=O) groups excluding carboxylic acids is 1. The lowest BCUT2D eigenvalue weighted by Crippen LogP contribution is -2.38. The van der Waals surface area contributed by atoms with Crippen molar-refractivity contribution in [2.75, 3.05) is 20.1 Å². The SMILES string of the molecule is CC(C)N(C)S(=O)(=O)c1ccc(C(=O)N2CCC(c3nc(C4CC4)n[nH]3)CC2)cc1. The van der Waals surface area contributed by atoms with Crippen molar-refractivity contribution in [2.45, 2.75) is 62.3 Å². The van der Waals surface area contributed by atoms with Crippen LogP contribution in [0.4, 0.5) is 0 Å². The molecule has 1 saturated heterocycles. The molecule has 1 saturated carbocycles. The number of rotatable bonds is 6. The molecule has 0 spiro atoms. The highest BCUT2D eigenvalue weighted by molar-refractivity contribution is 7.89. The van der Waals surface area contributed by atoms with Gasteiger partial charge in [-0.15, -0.1) is 0 Å². The Morgan fingerprint density at radius 1 is 1.10 bits per heavy atom. The minimum atomic E-state index is -3.55. The fourth-order valence-electron chi connectivity index (χ4n) is 3.75. The smallest absolute Gasteiger partial charge is 0.253 e. The molecule has 1 aliphatic heterocycles. The number of amides is 1. The number of H-pyrrole nitrogens is 1. The highest BCUT2D eigenvalue weighted by Gasteiger charge is 2.31. The first-order chi connectivity index (χ1) is 14.3. The number of hydrogen-bond donors (Lipinski definition) is 1. The van der Waals surface area contributed by atoms with Crippen molar-refractivity contribution < 1.29 is 13.2 Å². The summed E-state index contributed by atoms with van der Waals surface area (Å²) in [6.45, 7) is 4.95. The van der Waals surface area contributed by atoms with Crippen LogP contribution in [-0.4, -0.2) is 64.9 Å². The minimum absolute atomic E-state index is 0.0640. The van der Waals surface area contributed by atoms with Crippen molar-refractivity contribution in [1.29, 1.82) is 0 Å². The Hall–Kier alpha value is -2.26. The van der Waals surface area contributed by atoms with Crippen molar-refractivity contribution in [3.8, 4) is 0 Å². The van der Waals surface area contributed by atoms with Crippen LogP contribution in [0.5, 0.6) is 0 Å². The summed E-state index contributed by atoms with van der Waals surface area (Å²) in [6.07, 6.45) is 4.05. The summed E-state index contributed by atoms with van der Waals surface area (Å²) in [7, 11) is -1.99. The fourth-order valence-corrected chi connectivity index (χ4v) is 5.11. The molecule has 0 atom stereocenters. The monoisotopic (exact) mass is 431 g/mol. The van der Waals surface area contributed by atoms with E-state index in [4.69, 9.17) is 0 Å². The number of hydrogen-bond acceptors (Lipinski definition) is 5. The molecule has 2 aromatic rings. The van der Waals surface area contributed by atoms with E-state index >= 15 is 0 Å². The Kier molecular flexibility index (Phi) is 5.67. The van der Waals surface area contributed by atoms with E-state index in [0.29, 0.717) is 30.5 Å². The van der Waals surface area contributed by atoms with Gasteiger partial charge in [-0.05, 0) is 63.8 Å². The molecule has 0 bridgehead atoms. The van der Waals surface area contributed by atoms with Crippen LogP contribution in [0.3, 0.4) is 0 Å². The van der Waals surface area contributed by atoms with E-state index in [2.05, 4.69) is 15.2 Å². The summed E-state index contributed by atoms with van der Waals surface area (Å²) in [5.41, 5.74) is 0.510. The van der Waals surface area contributed by atoms with Crippen LogP contribution in [0.25, 0.3) is 0 Å². The van der Waals surface area contributed by atoms with Crippen LogP contribution in [-0.2, 0) is 10.0 Å². The second-order valence-corrected chi connectivity index (χ2v) is 10.6. The maximum atomic E-state index is 12.9. The van der Waals surface area contributed by atoms with Gasteiger partial charge in [0.2, 0.25) is 10.0 Å². The molecule has 8 nitrogen and oxygen atoms in total. The lowest BCUT2D eigenvalue weighted by atomic mass is 9.95. The number of likely N-dealkylation sites (tertiary alicyclic amines) is 1. The zero-order valence-electron chi connectivity index (χ0n) is 17.7. The first kappa shape index (κ1) is 21.0. The maximum absolute atomic E-state index is 12.9. The maximum Gasteiger partial charge on any atom is 0.253 e. The van der Waals surface area contributed by atoms with E-state index in [1.807, 2.05) is 18.7 Å². The van der Waals surface area contributed by atoms with Crippen LogP contribution < -0.4 is 0 Å². The molecule has 30 heavy (non-hydrogen) atoms. The predicted octanol–water partition coefficient (Wildman–Crippen LogP) is 2.73. The number of piperidine rings is 1. The minimum Gasteiger partial charge on any atom is -0.339 e. The van der Waals surface area contributed by atoms with Gasteiger partial charge in [-0.1, -0.05) is 0 Å². The van der Waals surface area contributed by atoms with Gasteiger partial charge in [0.05, 0.1) is 4.90 Å². The zero-order valence-corrected chi connectivity index (χ0v) is 18.5. The molecule has 1 aromatic heterocycles. The van der Waals surface area contributed by atoms with Crippen molar-refractivity contribution >= 4 is 15.9 Å². The van der Waals surface area contributed by atoms with Crippen molar-refractivity contribution in [1.82, 2.24) is 24.4 Å². The molecule has 1 amide bonds. The number of sulfonamides is 1. The van der Waals surface area contributed by atoms with Crippen molar-refractivity contribution in [3.05, 3.63) is 41.5 Å². The summed E-state index contributed by atoms with van der Waals surface area (Å²) in [5.74, 6) is 2.64. The average Bonchev–Trinajstić information content (AvgIpc) is 3.49. The van der Waals surface area contributed by atoms with Gasteiger partial charge in [-0.3, -0.25) is 9.89 Å². The molecule has 4 rings (SSSR count). The third-order valence-corrected chi connectivity index (χ3v) is 8.18. The number of nitrogens with zero attached hydrogens (tertiary/aromatic N) is 4. The summed E-state index contributed by atoms with van der Waals surface area (Å²) >= 11 is 0. The van der Waals surface area contributed by atoms with E-state index in [1.54, 1.807) is 19.2 Å². The molecule has 1 N–H and O–H groups in total. The molecule has 162 valence electrons. The van der Waals surface area contributed by atoms with Gasteiger partial charge in [-0.25, -0.2) is 13.4 Å². The van der Waals surface area contributed by atoms with E-state index in [1.165, 1.54) is 29.3 Å². The number of aromatic nitrogens is 3. The first-order valence-corrected chi connectivity index (χ1v) is 12.0. The van der Waals surface area contributed by atoms with Crippen LogP contribution >= 0.6 is 0 Å². The highest BCUT2D eigenvalue weighted by Crippen LogP contribution is 2.38. The molecule has 2 aliphatic rings. The zero-order chi connectivity index (χ0) is 21.5. The quantitative estimate of drug-likeness (QED) is 0.758. The number of carbonyl (C=O) groups is 1. The van der Waals surface area contributed by atoms with Gasteiger partial charge in [-0.2, -0.15) is 9.40 Å². The number of aromatic amines is 1. The van der Waals surface area contributed by atoms with E-state index in [-0.39, 0.29) is 16.8 Å².